The monoisotopic (exact) mass is 422 g/mol. The maximum Gasteiger partial charge on any atom is 0.248 e. The summed E-state index contributed by atoms with van der Waals surface area (Å²) in [4.78, 5) is 12.9. The molecule has 0 bridgehead atoms. The topological polar surface area (TPSA) is 94.2 Å². The van der Waals surface area contributed by atoms with Crippen LogP contribution >= 0.6 is 0 Å². The zero-order valence-electron chi connectivity index (χ0n) is 17.1. The highest BCUT2D eigenvalue weighted by Crippen LogP contribution is 2.35. The second kappa shape index (κ2) is 9.51. The van der Waals surface area contributed by atoms with E-state index in [4.69, 9.17) is 14.2 Å². The first-order valence-corrected chi connectivity index (χ1v) is 10.8. The molecule has 158 valence electrons. The summed E-state index contributed by atoms with van der Waals surface area (Å²) in [5.41, 5.74) is 0.660. The lowest BCUT2D eigenvalue weighted by Gasteiger charge is -2.29. The van der Waals surface area contributed by atoms with Gasteiger partial charge in [0.1, 0.15) is 23.3 Å². The number of nitrogens with one attached hydrogen (secondary N) is 1. The van der Waals surface area contributed by atoms with E-state index < -0.39 is 22.0 Å². The van der Waals surface area contributed by atoms with Gasteiger partial charge in [0.15, 0.2) is 0 Å². The van der Waals surface area contributed by atoms with Gasteiger partial charge in [-0.3, -0.25) is 9.10 Å². The molecule has 2 aromatic rings. The molecule has 1 N–H and O–H groups in total. The molecule has 0 spiro atoms. The van der Waals surface area contributed by atoms with Crippen LogP contribution in [0.1, 0.15) is 13.8 Å². The molecule has 0 aromatic heterocycles. The molecule has 0 aliphatic heterocycles. The lowest BCUT2D eigenvalue weighted by Crippen LogP contribution is -2.45. The number of carbonyl (C=O) groups is 1. The minimum atomic E-state index is -3.83. The number of ether oxygens (including phenoxy) is 3. The van der Waals surface area contributed by atoms with Gasteiger partial charge in [0.2, 0.25) is 15.9 Å². The summed E-state index contributed by atoms with van der Waals surface area (Å²) in [7, 11) is -0.932. The molecule has 0 aliphatic carbocycles. The minimum absolute atomic E-state index is 0.204. The van der Waals surface area contributed by atoms with Crippen molar-refractivity contribution in [3.63, 3.8) is 0 Å². The van der Waals surface area contributed by atoms with Gasteiger partial charge in [-0.1, -0.05) is 12.1 Å². The Hall–Kier alpha value is -2.94. The van der Waals surface area contributed by atoms with Crippen LogP contribution in [0.5, 0.6) is 17.2 Å². The standard InChI is InChI=1S/C20H26N2O6S/c1-6-28-18-10-8-7-9-16(18)21-20(23)14(2)22(29(5,24)25)17-13-15(26-3)11-12-19(17)27-4/h7-14H,6H2,1-5H3,(H,21,23). The number of amides is 1. The zero-order chi connectivity index (χ0) is 21.6. The molecular formula is C20H26N2O6S. The molecule has 0 aliphatic rings. The second-order valence-electron chi connectivity index (χ2n) is 6.19. The van der Waals surface area contributed by atoms with Crippen molar-refractivity contribution in [3.8, 4) is 17.2 Å². The maximum atomic E-state index is 12.9. The van der Waals surface area contributed by atoms with Gasteiger partial charge < -0.3 is 19.5 Å². The summed E-state index contributed by atoms with van der Waals surface area (Å²) in [6.45, 7) is 3.76. The fourth-order valence-electron chi connectivity index (χ4n) is 2.84. The van der Waals surface area contributed by atoms with Crippen LogP contribution < -0.4 is 23.8 Å². The average Bonchev–Trinajstić information content (AvgIpc) is 2.68. The highest BCUT2D eigenvalue weighted by Gasteiger charge is 2.32. The van der Waals surface area contributed by atoms with Gasteiger partial charge in [0, 0.05) is 6.07 Å². The van der Waals surface area contributed by atoms with Crippen LogP contribution in [-0.4, -0.2) is 47.4 Å². The van der Waals surface area contributed by atoms with E-state index in [1.54, 1.807) is 36.4 Å². The Morgan fingerprint density at radius 3 is 2.38 bits per heavy atom. The predicted octanol–water partition coefficient (Wildman–Crippen LogP) is 2.90. The Bertz CT molecular complexity index is 961. The van der Waals surface area contributed by atoms with Crippen LogP contribution in [0.2, 0.25) is 0 Å². The number of benzene rings is 2. The maximum absolute atomic E-state index is 12.9. The Morgan fingerprint density at radius 2 is 1.79 bits per heavy atom. The number of methoxy groups -OCH3 is 2. The number of nitrogens with zero attached hydrogens (tertiary/aromatic N) is 1. The van der Waals surface area contributed by atoms with Crippen molar-refractivity contribution in [3.05, 3.63) is 42.5 Å². The number of para-hydroxylation sites is 2. The lowest BCUT2D eigenvalue weighted by molar-refractivity contribution is -0.116. The number of hydrogen-bond donors (Lipinski definition) is 1. The third kappa shape index (κ3) is 5.32. The summed E-state index contributed by atoms with van der Waals surface area (Å²) < 4.78 is 42.2. The Kier molecular flexibility index (Phi) is 7.33. The molecule has 29 heavy (non-hydrogen) atoms. The summed E-state index contributed by atoms with van der Waals surface area (Å²) in [6, 6.07) is 10.6. The third-order valence-electron chi connectivity index (χ3n) is 4.16. The predicted molar refractivity (Wildman–Crippen MR) is 113 cm³/mol. The molecule has 8 nitrogen and oxygen atoms in total. The van der Waals surface area contributed by atoms with Crippen LogP contribution in [0.4, 0.5) is 11.4 Å². The Morgan fingerprint density at radius 1 is 1.10 bits per heavy atom. The van der Waals surface area contributed by atoms with E-state index in [0.717, 1.165) is 10.6 Å². The van der Waals surface area contributed by atoms with Crippen molar-refractivity contribution in [2.75, 3.05) is 36.7 Å². The molecule has 0 fully saturated rings. The van der Waals surface area contributed by atoms with Crippen molar-refractivity contribution in [2.24, 2.45) is 0 Å². The third-order valence-corrected chi connectivity index (χ3v) is 5.38. The van der Waals surface area contributed by atoms with Crippen LogP contribution in [0.3, 0.4) is 0 Å². The van der Waals surface area contributed by atoms with E-state index in [0.29, 0.717) is 29.5 Å². The van der Waals surface area contributed by atoms with Crippen molar-refractivity contribution >= 4 is 27.3 Å². The second-order valence-corrected chi connectivity index (χ2v) is 8.05. The summed E-state index contributed by atoms with van der Waals surface area (Å²) in [5, 5.41) is 2.74. The number of carbonyl (C=O) groups excluding carboxylic acids is 1. The smallest absolute Gasteiger partial charge is 0.248 e. The first kappa shape index (κ1) is 22.4. The van der Waals surface area contributed by atoms with Crippen LogP contribution in [-0.2, 0) is 14.8 Å². The minimum Gasteiger partial charge on any atom is -0.497 e. The van der Waals surface area contributed by atoms with E-state index in [1.165, 1.54) is 27.2 Å². The highest BCUT2D eigenvalue weighted by atomic mass is 32.2. The molecule has 2 rings (SSSR count). The van der Waals surface area contributed by atoms with Crippen LogP contribution in [0.25, 0.3) is 0 Å². The van der Waals surface area contributed by atoms with Crippen LogP contribution in [0.15, 0.2) is 42.5 Å². The van der Waals surface area contributed by atoms with Gasteiger partial charge in [0.05, 0.1) is 38.5 Å². The molecule has 0 radical (unpaired) electrons. The summed E-state index contributed by atoms with van der Waals surface area (Å²) >= 11 is 0. The highest BCUT2D eigenvalue weighted by molar-refractivity contribution is 7.92. The molecule has 9 heteroatoms. The van der Waals surface area contributed by atoms with E-state index in [-0.39, 0.29) is 5.69 Å². The molecule has 1 atom stereocenters. The van der Waals surface area contributed by atoms with Gasteiger partial charge in [-0.05, 0) is 38.1 Å². The zero-order valence-corrected chi connectivity index (χ0v) is 17.9. The van der Waals surface area contributed by atoms with Gasteiger partial charge in [-0.15, -0.1) is 0 Å². The van der Waals surface area contributed by atoms with Gasteiger partial charge >= 0.3 is 0 Å². The summed E-state index contributed by atoms with van der Waals surface area (Å²) in [5.74, 6) is 0.710. The summed E-state index contributed by atoms with van der Waals surface area (Å²) in [6.07, 6.45) is 1.03. The fraction of sp³-hybridized carbons (Fsp3) is 0.350. The number of rotatable bonds is 9. The molecular weight excluding hydrogens is 396 g/mol. The number of sulfonamides is 1. The van der Waals surface area contributed by atoms with Gasteiger partial charge in [-0.25, -0.2) is 8.42 Å². The largest absolute Gasteiger partial charge is 0.497 e. The normalized spacial score (nSPS) is 12.0. The molecule has 2 aromatic carbocycles. The van der Waals surface area contributed by atoms with E-state index in [2.05, 4.69) is 5.32 Å². The van der Waals surface area contributed by atoms with E-state index in [1.807, 2.05) is 6.92 Å². The number of anilines is 2. The fourth-order valence-corrected chi connectivity index (χ4v) is 4.01. The molecule has 0 saturated heterocycles. The van der Waals surface area contributed by atoms with E-state index >= 15 is 0 Å². The molecule has 1 unspecified atom stereocenters. The lowest BCUT2D eigenvalue weighted by atomic mass is 10.2. The van der Waals surface area contributed by atoms with Crippen molar-refractivity contribution in [2.45, 2.75) is 19.9 Å². The van der Waals surface area contributed by atoms with E-state index in [9.17, 15) is 13.2 Å². The average molecular weight is 423 g/mol. The van der Waals surface area contributed by atoms with Crippen molar-refractivity contribution in [1.29, 1.82) is 0 Å². The molecule has 1 amide bonds. The SMILES string of the molecule is CCOc1ccccc1NC(=O)C(C)N(c1cc(OC)ccc1OC)S(C)(=O)=O. The number of hydrogen-bond acceptors (Lipinski definition) is 6. The quantitative estimate of drug-likeness (QED) is 0.668. The van der Waals surface area contributed by atoms with Crippen LogP contribution in [0, 0.1) is 0 Å². The Labute approximate surface area is 171 Å². The first-order chi connectivity index (χ1) is 13.7. The molecule has 0 saturated carbocycles. The van der Waals surface area contributed by atoms with Gasteiger partial charge in [0.25, 0.3) is 0 Å². The Balaban J connectivity index is 2.43. The van der Waals surface area contributed by atoms with Gasteiger partial charge in [-0.2, -0.15) is 0 Å². The first-order valence-electron chi connectivity index (χ1n) is 8.97. The van der Waals surface area contributed by atoms with Crippen molar-refractivity contribution < 1.29 is 27.4 Å². The van der Waals surface area contributed by atoms with Crippen molar-refractivity contribution in [1.82, 2.24) is 0 Å². The molecule has 0 heterocycles.